The van der Waals surface area contributed by atoms with Gasteiger partial charge in [-0.05, 0) is 56.2 Å². The minimum atomic E-state index is -3.13. The molecule has 1 saturated heterocycles. The predicted octanol–water partition coefficient (Wildman–Crippen LogP) is 4.16. The van der Waals surface area contributed by atoms with E-state index in [2.05, 4.69) is 11.0 Å². The van der Waals surface area contributed by atoms with Crippen LogP contribution in [0.4, 0.5) is 5.69 Å². The lowest BCUT2D eigenvalue weighted by Gasteiger charge is -2.36. The Morgan fingerprint density at radius 2 is 1.89 bits per heavy atom. The SMILES string of the molecule is N#Cc1ccc(N(CC2CCCCC2)[C@H]2CCN(S(=O)(=O)C3CC3)C2)cc1Cl. The fourth-order valence-corrected chi connectivity index (χ4v) is 6.77. The largest absolute Gasteiger partial charge is 0.367 e. The van der Waals surface area contributed by atoms with E-state index in [0.717, 1.165) is 31.5 Å². The molecular formula is C21H28ClN3O2S. The zero-order chi connectivity index (χ0) is 19.7. The van der Waals surface area contributed by atoms with Crippen LogP contribution in [0.25, 0.3) is 0 Å². The molecule has 1 atom stereocenters. The summed E-state index contributed by atoms with van der Waals surface area (Å²) in [4.78, 5) is 2.37. The van der Waals surface area contributed by atoms with Gasteiger partial charge in [-0.1, -0.05) is 30.9 Å². The first-order valence-corrected chi connectivity index (χ1v) is 12.3. The van der Waals surface area contributed by atoms with Gasteiger partial charge in [0.05, 0.1) is 15.8 Å². The molecule has 3 aliphatic rings. The Kier molecular flexibility index (Phi) is 5.87. The van der Waals surface area contributed by atoms with E-state index in [1.165, 1.54) is 32.1 Å². The molecule has 0 aromatic heterocycles. The fourth-order valence-electron chi connectivity index (χ4n) is 4.66. The van der Waals surface area contributed by atoms with Gasteiger partial charge in [0.1, 0.15) is 6.07 Å². The molecule has 0 amide bonds. The number of halogens is 1. The van der Waals surface area contributed by atoms with Crippen LogP contribution in [0.5, 0.6) is 0 Å². The van der Waals surface area contributed by atoms with Crippen LogP contribution in [0.1, 0.15) is 56.9 Å². The lowest BCUT2D eigenvalue weighted by Crippen LogP contribution is -2.42. The zero-order valence-corrected chi connectivity index (χ0v) is 17.8. The highest BCUT2D eigenvalue weighted by Gasteiger charge is 2.43. The monoisotopic (exact) mass is 421 g/mol. The molecule has 2 saturated carbocycles. The Labute approximate surface area is 173 Å². The third-order valence-electron chi connectivity index (χ3n) is 6.46. The standard InChI is InChI=1S/C21H28ClN3O2S/c22-21-12-18(7-6-17(21)13-23)25(14-16-4-2-1-3-5-16)19-10-11-24(15-19)28(26,27)20-8-9-20/h6-7,12,16,19-20H,1-5,8-11,14-15H2/t19-/m0/s1. The maximum absolute atomic E-state index is 12.7. The number of nitriles is 1. The number of hydrogen-bond acceptors (Lipinski definition) is 4. The van der Waals surface area contributed by atoms with Crippen LogP contribution in [0.15, 0.2) is 18.2 Å². The molecule has 3 fully saturated rings. The van der Waals surface area contributed by atoms with E-state index >= 15 is 0 Å². The second-order valence-electron chi connectivity index (χ2n) is 8.48. The van der Waals surface area contributed by atoms with E-state index in [1.807, 2.05) is 12.1 Å². The fraction of sp³-hybridized carbons (Fsp3) is 0.667. The number of rotatable bonds is 6. The summed E-state index contributed by atoms with van der Waals surface area (Å²) in [6, 6.07) is 7.90. The maximum Gasteiger partial charge on any atom is 0.217 e. The Morgan fingerprint density at radius 3 is 2.54 bits per heavy atom. The van der Waals surface area contributed by atoms with Gasteiger partial charge in [0.25, 0.3) is 0 Å². The molecule has 4 rings (SSSR count). The van der Waals surface area contributed by atoms with Crippen LogP contribution in [-0.4, -0.2) is 43.6 Å². The normalized spacial score (nSPS) is 24.2. The van der Waals surface area contributed by atoms with Gasteiger partial charge in [0.2, 0.25) is 10.0 Å². The van der Waals surface area contributed by atoms with Crippen molar-refractivity contribution in [3.8, 4) is 6.07 Å². The minimum Gasteiger partial charge on any atom is -0.367 e. The lowest BCUT2D eigenvalue weighted by molar-refractivity contribution is 0.349. The third-order valence-corrected chi connectivity index (χ3v) is 9.13. The number of sulfonamides is 1. The van der Waals surface area contributed by atoms with Gasteiger partial charge in [-0.3, -0.25) is 0 Å². The highest BCUT2D eigenvalue weighted by molar-refractivity contribution is 7.90. The Morgan fingerprint density at radius 1 is 1.14 bits per heavy atom. The summed E-state index contributed by atoms with van der Waals surface area (Å²) < 4.78 is 27.1. The highest BCUT2D eigenvalue weighted by Crippen LogP contribution is 2.36. The first-order valence-electron chi connectivity index (χ1n) is 10.4. The molecule has 1 aromatic rings. The van der Waals surface area contributed by atoms with Crippen molar-refractivity contribution in [2.24, 2.45) is 5.92 Å². The van der Waals surface area contributed by atoms with E-state index in [9.17, 15) is 13.7 Å². The Balaban J connectivity index is 1.56. The van der Waals surface area contributed by atoms with E-state index in [1.54, 1.807) is 10.4 Å². The molecule has 152 valence electrons. The molecule has 28 heavy (non-hydrogen) atoms. The molecule has 1 heterocycles. The molecular weight excluding hydrogens is 394 g/mol. The van der Waals surface area contributed by atoms with Crippen molar-refractivity contribution >= 4 is 27.3 Å². The van der Waals surface area contributed by atoms with Gasteiger partial charge < -0.3 is 4.90 Å². The van der Waals surface area contributed by atoms with Gasteiger partial charge in [0.15, 0.2) is 0 Å². The molecule has 0 unspecified atom stereocenters. The van der Waals surface area contributed by atoms with Crippen molar-refractivity contribution in [2.45, 2.75) is 62.7 Å². The summed E-state index contributed by atoms with van der Waals surface area (Å²) in [6.07, 6.45) is 8.79. The highest BCUT2D eigenvalue weighted by atomic mass is 35.5. The number of benzene rings is 1. The van der Waals surface area contributed by atoms with E-state index in [0.29, 0.717) is 29.6 Å². The average Bonchev–Trinajstić information content (AvgIpc) is 3.45. The van der Waals surface area contributed by atoms with Crippen molar-refractivity contribution in [3.63, 3.8) is 0 Å². The van der Waals surface area contributed by atoms with Gasteiger partial charge in [-0.2, -0.15) is 9.57 Å². The Hall–Kier alpha value is -1.29. The minimum absolute atomic E-state index is 0.151. The Bertz CT molecular complexity index is 857. The zero-order valence-electron chi connectivity index (χ0n) is 16.2. The molecule has 2 aliphatic carbocycles. The second kappa shape index (κ2) is 8.22. The van der Waals surface area contributed by atoms with Crippen molar-refractivity contribution in [1.82, 2.24) is 4.31 Å². The molecule has 0 radical (unpaired) electrons. The number of nitrogens with zero attached hydrogens (tertiary/aromatic N) is 3. The molecule has 1 aliphatic heterocycles. The molecule has 7 heteroatoms. The van der Waals surface area contributed by atoms with E-state index in [4.69, 9.17) is 11.6 Å². The van der Waals surface area contributed by atoms with Crippen LogP contribution in [0.3, 0.4) is 0 Å². The molecule has 0 spiro atoms. The number of hydrogen-bond donors (Lipinski definition) is 0. The number of anilines is 1. The smallest absolute Gasteiger partial charge is 0.217 e. The maximum atomic E-state index is 12.7. The van der Waals surface area contributed by atoms with Crippen LogP contribution in [-0.2, 0) is 10.0 Å². The van der Waals surface area contributed by atoms with Crippen molar-refractivity contribution in [2.75, 3.05) is 24.5 Å². The molecule has 1 aromatic carbocycles. The van der Waals surface area contributed by atoms with Crippen molar-refractivity contribution in [1.29, 1.82) is 5.26 Å². The molecule has 5 nitrogen and oxygen atoms in total. The van der Waals surface area contributed by atoms with Crippen molar-refractivity contribution < 1.29 is 8.42 Å². The molecule has 0 N–H and O–H groups in total. The predicted molar refractivity (Wildman–Crippen MR) is 112 cm³/mol. The van der Waals surface area contributed by atoms with Crippen LogP contribution in [0, 0.1) is 17.2 Å². The first-order chi connectivity index (χ1) is 13.5. The molecule has 0 bridgehead atoms. The van der Waals surface area contributed by atoms with Crippen LogP contribution in [0.2, 0.25) is 5.02 Å². The van der Waals surface area contributed by atoms with Gasteiger partial charge in [0, 0.05) is 31.4 Å². The summed E-state index contributed by atoms with van der Waals surface area (Å²) in [6.45, 7) is 2.10. The summed E-state index contributed by atoms with van der Waals surface area (Å²) in [5, 5.41) is 9.50. The first kappa shape index (κ1) is 20.0. The second-order valence-corrected chi connectivity index (χ2v) is 11.1. The van der Waals surface area contributed by atoms with E-state index in [-0.39, 0.29) is 11.3 Å². The summed E-state index contributed by atoms with van der Waals surface area (Å²) in [5.74, 6) is 0.636. The summed E-state index contributed by atoms with van der Waals surface area (Å²) in [5.41, 5.74) is 1.48. The summed E-state index contributed by atoms with van der Waals surface area (Å²) >= 11 is 6.32. The van der Waals surface area contributed by atoms with Gasteiger partial charge in [-0.15, -0.1) is 0 Å². The van der Waals surface area contributed by atoms with Crippen molar-refractivity contribution in [3.05, 3.63) is 28.8 Å². The third kappa shape index (κ3) is 4.17. The van der Waals surface area contributed by atoms with E-state index < -0.39 is 10.0 Å². The lowest BCUT2D eigenvalue weighted by atomic mass is 9.88. The van der Waals surface area contributed by atoms with Gasteiger partial charge in [-0.25, -0.2) is 8.42 Å². The quantitative estimate of drug-likeness (QED) is 0.691. The topological polar surface area (TPSA) is 64.4 Å². The van der Waals surface area contributed by atoms with Gasteiger partial charge >= 0.3 is 0 Å². The van der Waals surface area contributed by atoms with Crippen LogP contribution >= 0.6 is 11.6 Å². The summed E-state index contributed by atoms with van der Waals surface area (Å²) in [7, 11) is -3.13. The average molecular weight is 422 g/mol. The van der Waals surface area contributed by atoms with Crippen LogP contribution < -0.4 is 4.90 Å².